The average Bonchev–Trinajstić information content (AvgIpc) is 3.24. The molecule has 0 amide bonds. The number of nitrogens with zero attached hydrogens (tertiary/aromatic N) is 3. The van der Waals surface area contributed by atoms with Gasteiger partial charge in [-0.1, -0.05) is 44.1 Å². The van der Waals surface area contributed by atoms with Crippen LogP contribution in [-0.4, -0.2) is 33.7 Å². The monoisotopic (exact) mass is 484 g/mol. The minimum Gasteiger partial charge on any atom is -0.298 e. The van der Waals surface area contributed by atoms with E-state index in [0.29, 0.717) is 12.4 Å². The lowest BCUT2D eigenvalue weighted by atomic mass is 9.37. The van der Waals surface area contributed by atoms with E-state index in [1.807, 2.05) is 48.7 Å². The summed E-state index contributed by atoms with van der Waals surface area (Å²) in [5, 5.41) is 0. The number of hydrogen-bond acceptors (Lipinski definition) is 4. The predicted octanol–water partition coefficient (Wildman–Crippen LogP) is 6.27. The van der Waals surface area contributed by atoms with Crippen LogP contribution in [0.5, 0.6) is 0 Å². The zero-order chi connectivity index (χ0) is 26.1. The van der Waals surface area contributed by atoms with Gasteiger partial charge in [-0.15, -0.1) is 6.58 Å². The number of aromatic amines is 1. The molecule has 1 aromatic carbocycles. The van der Waals surface area contributed by atoms with Crippen molar-refractivity contribution >= 4 is 30.4 Å². The van der Waals surface area contributed by atoms with Crippen molar-refractivity contribution in [3.63, 3.8) is 0 Å². The van der Waals surface area contributed by atoms with Crippen LogP contribution in [-0.2, 0) is 12.8 Å². The van der Waals surface area contributed by atoms with Gasteiger partial charge in [0.1, 0.15) is 6.29 Å². The first-order chi connectivity index (χ1) is 17.4. The minimum atomic E-state index is -0.0565. The number of carbonyl (C=O) groups is 1. The molecule has 0 saturated carbocycles. The van der Waals surface area contributed by atoms with Crippen LogP contribution < -0.4 is 5.69 Å². The summed E-state index contributed by atoms with van der Waals surface area (Å²) < 4.78 is 1.88. The number of allylic oxidation sites excluding steroid dienone is 3. The van der Waals surface area contributed by atoms with Gasteiger partial charge in [0.15, 0.2) is 12.4 Å². The van der Waals surface area contributed by atoms with Gasteiger partial charge in [-0.3, -0.25) is 19.3 Å². The summed E-state index contributed by atoms with van der Waals surface area (Å²) in [6, 6.07) is 9.97. The van der Waals surface area contributed by atoms with E-state index in [4.69, 9.17) is 0 Å². The van der Waals surface area contributed by atoms with E-state index in [9.17, 15) is 9.59 Å². The van der Waals surface area contributed by atoms with Gasteiger partial charge in [-0.25, -0.2) is 9.78 Å². The molecule has 0 unspecified atom stereocenters. The molecular formula is C29H37BN4O2. The van der Waals surface area contributed by atoms with Gasteiger partial charge in [0, 0.05) is 29.7 Å². The highest BCUT2D eigenvalue weighted by atomic mass is 16.1. The Balaban J connectivity index is 0.000000253. The number of benzene rings is 1. The second-order valence-electron chi connectivity index (χ2n) is 9.28. The molecule has 1 aliphatic rings. The molecule has 2 aromatic heterocycles. The second-order valence-corrected chi connectivity index (χ2v) is 9.28. The number of imidazole rings is 1. The number of nitrogens with one attached hydrogen (secondary N) is 1. The van der Waals surface area contributed by atoms with Gasteiger partial charge in [-0.2, -0.15) is 0 Å². The Kier molecular flexibility index (Phi) is 9.80. The third kappa shape index (κ3) is 6.59. The zero-order valence-corrected chi connectivity index (χ0v) is 22.0. The lowest BCUT2D eigenvalue weighted by Crippen LogP contribution is -2.29. The number of aromatic nitrogens is 3. The topological polar surface area (TPSA) is 80.1 Å². The summed E-state index contributed by atoms with van der Waals surface area (Å²) in [5.74, 6) is 0. The molecule has 1 fully saturated rings. The molecule has 7 heteroatoms. The third-order valence-electron chi connectivity index (χ3n) is 6.93. The molecule has 3 aromatic rings. The van der Waals surface area contributed by atoms with Crippen molar-refractivity contribution in [2.75, 3.05) is 0 Å². The van der Waals surface area contributed by atoms with Crippen LogP contribution in [0.3, 0.4) is 0 Å². The van der Waals surface area contributed by atoms with E-state index in [0.717, 1.165) is 66.9 Å². The number of aldehydes is 1. The summed E-state index contributed by atoms with van der Waals surface area (Å²) >= 11 is 0. The Morgan fingerprint density at radius 3 is 2.58 bits per heavy atom. The number of carbonyl (C=O) groups excluding carboxylic acids is 1. The molecule has 0 atom stereocenters. The lowest BCUT2D eigenvalue weighted by Gasteiger charge is -2.27. The normalized spacial score (nSPS) is 14.7. The van der Waals surface area contributed by atoms with E-state index in [1.165, 1.54) is 11.1 Å². The zero-order valence-electron chi connectivity index (χ0n) is 22.0. The van der Waals surface area contributed by atoms with Gasteiger partial charge in [0.05, 0.1) is 5.52 Å². The Hall–Kier alpha value is -3.48. The van der Waals surface area contributed by atoms with Crippen LogP contribution >= 0.6 is 0 Å². The molecular weight excluding hydrogens is 447 g/mol. The number of hydrogen-bond donors (Lipinski definition) is 1. The van der Waals surface area contributed by atoms with Crippen molar-refractivity contribution in [1.29, 1.82) is 0 Å². The molecule has 0 spiro atoms. The van der Waals surface area contributed by atoms with E-state index in [2.05, 4.69) is 41.5 Å². The molecule has 4 rings (SSSR count). The van der Waals surface area contributed by atoms with Crippen molar-refractivity contribution < 1.29 is 4.79 Å². The first-order valence-corrected chi connectivity index (χ1v) is 12.9. The van der Waals surface area contributed by atoms with Crippen molar-refractivity contribution in [1.82, 2.24) is 14.5 Å². The van der Waals surface area contributed by atoms with Crippen LogP contribution in [0.15, 0.2) is 70.1 Å². The molecule has 0 radical (unpaired) electrons. The molecule has 0 aliphatic carbocycles. The number of fused-ring (bicyclic) bond motifs is 1. The molecule has 1 aliphatic heterocycles. The molecule has 188 valence electrons. The number of aliphatic imine (C=N–C) groups is 1. The van der Waals surface area contributed by atoms with Gasteiger partial charge in [-0.05, 0) is 74.9 Å². The Bertz CT molecular complexity index is 1310. The maximum Gasteiger partial charge on any atom is 0.327 e. The van der Waals surface area contributed by atoms with Crippen LogP contribution in [0, 0.1) is 0 Å². The summed E-state index contributed by atoms with van der Waals surface area (Å²) in [5.41, 5.74) is 7.07. The Morgan fingerprint density at radius 2 is 1.94 bits per heavy atom. The minimum absolute atomic E-state index is 0.0565. The predicted molar refractivity (Wildman–Crippen MR) is 152 cm³/mol. The Labute approximate surface area is 214 Å². The largest absolute Gasteiger partial charge is 0.327 e. The molecule has 36 heavy (non-hydrogen) atoms. The van der Waals surface area contributed by atoms with Crippen molar-refractivity contribution in [2.24, 2.45) is 4.99 Å². The lowest BCUT2D eigenvalue weighted by molar-refractivity contribution is 0.112. The maximum atomic E-state index is 12.3. The van der Waals surface area contributed by atoms with E-state index in [-0.39, 0.29) is 11.7 Å². The highest BCUT2D eigenvalue weighted by Gasteiger charge is 2.28. The fourth-order valence-corrected chi connectivity index (χ4v) is 5.05. The molecule has 1 saturated heterocycles. The van der Waals surface area contributed by atoms with Crippen molar-refractivity contribution in [3.8, 4) is 0 Å². The first kappa shape index (κ1) is 27.1. The number of aryl methyl sites for hydroxylation is 2. The summed E-state index contributed by atoms with van der Waals surface area (Å²) in [4.78, 5) is 34.1. The molecule has 6 nitrogen and oxygen atoms in total. The third-order valence-corrected chi connectivity index (χ3v) is 6.93. The van der Waals surface area contributed by atoms with Crippen LogP contribution in [0.25, 0.3) is 11.2 Å². The summed E-state index contributed by atoms with van der Waals surface area (Å²) in [7, 11) is 0. The number of rotatable bonds is 7. The number of pyridine rings is 1. The average molecular weight is 484 g/mol. The van der Waals surface area contributed by atoms with Gasteiger partial charge in [0.25, 0.3) is 0 Å². The summed E-state index contributed by atoms with van der Waals surface area (Å²) in [6.07, 6.45) is 12.6. The van der Waals surface area contributed by atoms with E-state index >= 15 is 0 Å². The van der Waals surface area contributed by atoms with Crippen LogP contribution in [0.2, 0.25) is 12.6 Å². The smallest absolute Gasteiger partial charge is 0.298 e. The van der Waals surface area contributed by atoms with Crippen LogP contribution in [0.1, 0.15) is 68.1 Å². The van der Waals surface area contributed by atoms with Crippen molar-refractivity contribution in [2.45, 2.75) is 72.1 Å². The quantitative estimate of drug-likeness (QED) is 0.186. The van der Waals surface area contributed by atoms with E-state index in [1.54, 1.807) is 12.4 Å². The fourth-order valence-electron chi connectivity index (χ4n) is 5.05. The highest BCUT2D eigenvalue weighted by Crippen LogP contribution is 2.32. The summed E-state index contributed by atoms with van der Waals surface area (Å²) in [6.45, 7) is 12.9. The SMILES string of the molecule is C=C(/C=C(/C)N=CC)B1CCC(n2c(=O)[nH]c3ncccc32)CC1.CCc1ccc(C=O)cc1CC. The van der Waals surface area contributed by atoms with Crippen molar-refractivity contribution in [3.05, 3.63) is 87.5 Å². The second kappa shape index (κ2) is 13.0. The number of H-pyrrole nitrogens is 1. The van der Waals surface area contributed by atoms with E-state index < -0.39 is 0 Å². The highest BCUT2D eigenvalue weighted by molar-refractivity contribution is 6.67. The molecule has 0 bridgehead atoms. The van der Waals surface area contributed by atoms with Crippen LogP contribution in [0.4, 0.5) is 0 Å². The maximum absolute atomic E-state index is 12.3. The van der Waals surface area contributed by atoms with Gasteiger partial charge >= 0.3 is 5.69 Å². The van der Waals surface area contributed by atoms with Gasteiger partial charge < -0.3 is 0 Å². The van der Waals surface area contributed by atoms with Gasteiger partial charge in [0.2, 0.25) is 0 Å². The first-order valence-electron chi connectivity index (χ1n) is 12.9. The fraction of sp³-hybridized carbons (Fsp3) is 0.379. The molecule has 1 N–H and O–H groups in total. The Morgan fingerprint density at radius 1 is 1.22 bits per heavy atom. The molecule has 3 heterocycles. The standard InChI is InChI=1S/C18H23BN4O.C11H14O/c1-4-20-14(3)12-13(2)19-9-7-15(8-10-19)23-16-6-5-11-21-17(16)22-18(23)24;1-3-10-6-5-9(8-12)7-11(10)4-2/h4-6,11-12,15H,2,7-10H2,1,3H3,(H,21,22,24);5-8H,3-4H2,1-2H3/b14-12-,20-4?;.